The van der Waals surface area contributed by atoms with Gasteiger partial charge in [-0.15, -0.1) is 0 Å². The zero-order chi connectivity index (χ0) is 22.1. The second-order valence-electron chi connectivity index (χ2n) is 6.77. The van der Waals surface area contributed by atoms with E-state index in [9.17, 15) is 18.0 Å². The number of hydrogen-bond acceptors (Lipinski definition) is 4. The van der Waals surface area contributed by atoms with Gasteiger partial charge in [-0.05, 0) is 42.3 Å². The minimum Gasteiger partial charge on any atom is -0.355 e. The third kappa shape index (κ3) is 6.83. The number of halogens is 1. The number of carbonyl (C=O) groups is 2. The summed E-state index contributed by atoms with van der Waals surface area (Å²) in [7, 11) is -3.99. The number of hydrogen-bond donors (Lipinski definition) is 2. The van der Waals surface area contributed by atoms with Gasteiger partial charge in [0.05, 0.1) is 11.4 Å². The van der Waals surface area contributed by atoms with Gasteiger partial charge >= 0.3 is 0 Å². The van der Waals surface area contributed by atoms with Gasteiger partial charge < -0.3 is 10.6 Å². The standard InChI is InChI=1S/C21H26ClN3O4S/c1-3-4-13-23-21(27)15-25(14-17-7-5-6-8-20(17)22)30(28,29)19-11-9-18(10-12-19)24-16(2)26/h5-12H,3-4,13-15H2,1-2H3,(H,23,27)(H,24,26). The highest BCUT2D eigenvalue weighted by Gasteiger charge is 2.27. The van der Waals surface area contributed by atoms with Gasteiger partial charge in [0.15, 0.2) is 0 Å². The molecule has 0 aliphatic carbocycles. The van der Waals surface area contributed by atoms with Gasteiger partial charge in [0, 0.05) is 30.7 Å². The average Bonchev–Trinajstić information content (AvgIpc) is 2.69. The lowest BCUT2D eigenvalue weighted by molar-refractivity contribution is -0.121. The first-order valence-corrected chi connectivity index (χ1v) is 11.4. The molecule has 0 radical (unpaired) electrons. The van der Waals surface area contributed by atoms with E-state index in [0.29, 0.717) is 22.8 Å². The molecule has 0 saturated carbocycles. The Balaban J connectivity index is 2.29. The monoisotopic (exact) mass is 451 g/mol. The maximum absolute atomic E-state index is 13.3. The molecule has 0 fully saturated rings. The molecule has 162 valence electrons. The van der Waals surface area contributed by atoms with Crippen molar-refractivity contribution in [3.63, 3.8) is 0 Å². The summed E-state index contributed by atoms with van der Waals surface area (Å²) in [5.41, 5.74) is 1.08. The maximum Gasteiger partial charge on any atom is 0.243 e. The van der Waals surface area contributed by atoms with E-state index in [1.54, 1.807) is 24.3 Å². The first-order valence-electron chi connectivity index (χ1n) is 9.62. The van der Waals surface area contributed by atoms with Crippen LogP contribution in [0.5, 0.6) is 0 Å². The summed E-state index contributed by atoms with van der Waals surface area (Å²) in [6.07, 6.45) is 1.73. The Morgan fingerprint density at radius 2 is 1.73 bits per heavy atom. The number of carbonyl (C=O) groups excluding carboxylic acids is 2. The van der Waals surface area contributed by atoms with Gasteiger partial charge in [0.1, 0.15) is 0 Å². The fraction of sp³-hybridized carbons (Fsp3) is 0.333. The normalized spacial score (nSPS) is 11.3. The average molecular weight is 452 g/mol. The van der Waals surface area contributed by atoms with Crippen molar-refractivity contribution < 1.29 is 18.0 Å². The summed E-state index contributed by atoms with van der Waals surface area (Å²) in [4.78, 5) is 23.6. The van der Waals surface area contributed by atoms with Gasteiger partial charge in [0.25, 0.3) is 0 Å². The van der Waals surface area contributed by atoms with E-state index >= 15 is 0 Å². The molecule has 0 aliphatic heterocycles. The lowest BCUT2D eigenvalue weighted by atomic mass is 10.2. The Labute approximate surface area is 182 Å². The molecule has 0 heterocycles. The van der Waals surface area contributed by atoms with Crippen LogP contribution in [0, 0.1) is 0 Å². The van der Waals surface area contributed by atoms with E-state index in [1.807, 2.05) is 6.92 Å². The number of nitrogens with zero attached hydrogens (tertiary/aromatic N) is 1. The van der Waals surface area contributed by atoms with Crippen LogP contribution in [0.4, 0.5) is 5.69 Å². The van der Waals surface area contributed by atoms with Gasteiger partial charge in [0.2, 0.25) is 21.8 Å². The van der Waals surface area contributed by atoms with Crippen LogP contribution in [-0.2, 0) is 26.2 Å². The molecule has 2 amide bonds. The van der Waals surface area contributed by atoms with Crippen LogP contribution in [-0.4, -0.2) is 37.6 Å². The van der Waals surface area contributed by atoms with Gasteiger partial charge in [-0.25, -0.2) is 8.42 Å². The van der Waals surface area contributed by atoms with Crippen LogP contribution in [0.3, 0.4) is 0 Å². The Morgan fingerprint density at radius 3 is 2.33 bits per heavy atom. The van der Waals surface area contributed by atoms with Crippen molar-refractivity contribution in [2.75, 3.05) is 18.4 Å². The fourth-order valence-corrected chi connectivity index (χ4v) is 4.30. The molecule has 2 aromatic rings. The molecule has 2 rings (SSSR count). The third-order valence-corrected chi connectivity index (χ3v) is 6.46. The van der Waals surface area contributed by atoms with Crippen LogP contribution < -0.4 is 10.6 Å². The molecular formula is C21H26ClN3O4S. The second-order valence-corrected chi connectivity index (χ2v) is 9.12. The summed E-state index contributed by atoms with van der Waals surface area (Å²) in [6, 6.07) is 12.7. The molecule has 0 aromatic heterocycles. The van der Waals surface area contributed by atoms with Gasteiger partial charge in [-0.2, -0.15) is 4.31 Å². The highest BCUT2D eigenvalue weighted by Crippen LogP contribution is 2.23. The van der Waals surface area contributed by atoms with Crippen LogP contribution >= 0.6 is 11.6 Å². The smallest absolute Gasteiger partial charge is 0.243 e. The van der Waals surface area contributed by atoms with Crippen LogP contribution in [0.1, 0.15) is 32.3 Å². The minimum absolute atomic E-state index is 0.0185. The second kappa shape index (κ2) is 11.1. The van der Waals surface area contributed by atoms with E-state index < -0.39 is 10.0 Å². The molecule has 7 nitrogen and oxygen atoms in total. The number of benzene rings is 2. The molecular weight excluding hydrogens is 426 g/mol. The molecule has 2 aromatic carbocycles. The van der Waals surface area contributed by atoms with E-state index in [2.05, 4.69) is 10.6 Å². The summed E-state index contributed by atoms with van der Waals surface area (Å²) in [5, 5.41) is 5.76. The van der Waals surface area contributed by atoms with E-state index in [-0.39, 0.29) is 29.8 Å². The number of amides is 2. The molecule has 9 heteroatoms. The van der Waals surface area contributed by atoms with Crippen LogP contribution in [0.15, 0.2) is 53.4 Å². The Kier molecular flexibility index (Phi) is 8.83. The van der Waals surface area contributed by atoms with E-state index in [4.69, 9.17) is 11.6 Å². The topological polar surface area (TPSA) is 95.6 Å². The van der Waals surface area contributed by atoms with Crippen molar-refractivity contribution in [2.24, 2.45) is 0 Å². The Bertz CT molecular complexity index is 978. The highest BCUT2D eigenvalue weighted by molar-refractivity contribution is 7.89. The number of rotatable bonds is 10. The van der Waals surface area contributed by atoms with Gasteiger partial charge in [-0.3, -0.25) is 9.59 Å². The lowest BCUT2D eigenvalue weighted by Crippen LogP contribution is -2.40. The third-order valence-electron chi connectivity index (χ3n) is 4.29. The van der Waals surface area contributed by atoms with Crippen molar-refractivity contribution in [2.45, 2.75) is 38.1 Å². The van der Waals surface area contributed by atoms with Crippen molar-refractivity contribution in [3.05, 3.63) is 59.1 Å². The first-order chi connectivity index (χ1) is 14.2. The predicted molar refractivity (Wildman–Crippen MR) is 118 cm³/mol. The number of unbranched alkanes of at least 4 members (excludes halogenated alkanes) is 1. The summed E-state index contributed by atoms with van der Waals surface area (Å²) >= 11 is 6.21. The highest BCUT2D eigenvalue weighted by atomic mass is 35.5. The summed E-state index contributed by atoms with van der Waals surface area (Å²) in [5.74, 6) is -0.636. The summed E-state index contributed by atoms with van der Waals surface area (Å²) in [6.45, 7) is 3.49. The SMILES string of the molecule is CCCCNC(=O)CN(Cc1ccccc1Cl)S(=O)(=O)c1ccc(NC(C)=O)cc1. The number of anilines is 1. The molecule has 0 unspecified atom stereocenters. The minimum atomic E-state index is -3.99. The molecule has 0 spiro atoms. The predicted octanol–water partition coefficient (Wildman–Crippen LogP) is 3.41. The number of sulfonamides is 1. The fourth-order valence-electron chi connectivity index (χ4n) is 2.73. The maximum atomic E-state index is 13.3. The van der Waals surface area contributed by atoms with Crippen LogP contribution in [0.2, 0.25) is 5.02 Å². The van der Waals surface area contributed by atoms with Crippen molar-refractivity contribution >= 4 is 39.1 Å². The van der Waals surface area contributed by atoms with Crippen molar-refractivity contribution in [1.82, 2.24) is 9.62 Å². The Morgan fingerprint density at radius 1 is 1.07 bits per heavy atom. The zero-order valence-electron chi connectivity index (χ0n) is 17.0. The zero-order valence-corrected chi connectivity index (χ0v) is 18.6. The van der Waals surface area contributed by atoms with E-state index in [0.717, 1.165) is 17.1 Å². The molecule has 0 aliphatic rings. The largest absolute Gasteiger partial charge is 0.355 e. The summed E-state index contributed by atoms with van der Waals surface area (Å²) < 4.78 is 27.6. The lowest BCUT2D eigenvalue weighted by Gasteiger charge is -2.22. The van der Waals surface area contributed by atoms with E-state index in [1.165, 1.54) is 31.2 Å². The van der Waals surface area contributed by atoms with Crippen LogP contribution in [0.25, 0.3) is 0 Å². The molecule has 0 atom stereocenters. The van der Waals surface area contributed by atoms with Crippen molar-refractivity contribution in [3.8, 4) is 0 Å². The quantitative estimate of drug-likeness (QED) is 0.541. The Hall–Kier alpha value is -2.42. The molecule has 0 bridgehead atoms. The van der Waals surface area contributed by atoms with Gasteiger partial charge in [-0.1, -0.05) is 43.1 Å². The molecule has 2 N–H and O–H groups in total. The number of nitrogens with one attached hydrogen (secondary N) is 2. The molecule has 30 heavy (non-hydrogen) atoms. The first kappa shape index (κ1) is 23.9. The van der Waals surface area contributed by atoms with Crippen molar-refractivity contribution in [1.29, 1.82) is 0 Å². The molecule has 0 saturated heterocycles.